The Labute approximate surface area is 166 Å². The van der Waals surface area contributed by atoms with E-state index < -0.39 is 5.92 Å². The number of hydrogen-bond donors (Lipinski definition) is 1. The monoisotopic (exact) mass is 389 g/mol. The number of aromatic amines is 1. The van der Waals surface area contributed by atoms with E-state index in [9.17, 15) is 9.59 Å². The molecule has 1 N–H and O–H groups in total. The Morgan fingerprint density at radius 3 is 2.71 bits per heavy atom. The van der Waals surface area contributed by atoms with Gasteiger partial charge >= 0.3 is 5.97 Å². The fourth-order valence-electron chi connectivity index (χ4n) is 3.24. The predicted octanol–water partition coefficient (Wildman–Crippen LogP) is 5.31. The summed E-state index contributed by atoms with van der Waals surface area (Å²) in [5, 5.41) is 3.15. The third-order valence-electron chi connectivity index (χ3n) is 4.70. The summed E-state index contributed by atoms with van der Waals surface area (Å²) in [4.78, 5) is 27.9. The number of rotatable bonds is 7. The second-order valence-electron chi connectivity index (χ2n) is 6.53. The van der Waals surface area contributed by atoms with E-state index >= 15 is 0 Å². The van der Waals surface area contributed by atoms with E-state index in [1.165, 1.54) is 11.3 Å². The van der Waals surface area contributed by atoms with Crippen molar-refractivity contribution in [2.24, 2.45) is 0 Å². The maximum Gasteiger partial charge on any atom is 0.315 e. The number of carbonyl (C=O) groups excluding carboxylic acids is 2. The van der Waals surface area contributed by atoms with E-state index in [1.807, 2.05) is 66.2 Å². The molecule has 0 aliphatic rings. The summed E-state index contributed by atoms with van der Waals surface area (Å²) in [7, 11) is 0. The quantitative estimate of drug-likeness (QED) is 0.344. The maximum absolute atomic E-state index is 12.6. The highest BCUT2D eigenvalue weighted by molar-refractivity contribution is 7.10. The lowest BCUT2D eigenvalue weighted by atomic mass is 10.0. The minimum Gasteiger partial charge on any atom is -0.460 e. The van der Waals surface area contributed by atoms with Crippen LogP contribution in [-0.4, -0.2) is 17.2 Å². The van der Waals surface area contributed by atoms with Crippen molar-refractivity contribution in [1.29, 1.82) is 0 Å². The molecule has 0 radical (unpaired) electrons. The van der Waals surface area contributed by atoms with Crippen LogP contribution < -0.4 is 0 Å². The van der Waals surface area contributed by atoms with Gasteiger partial charge in [-0.2, -0.15) is 0 Å². The molecule has 2 aromatic carbocycles. The van der Waals surface area contributed by atoms with Crippen molar-refractivity contribution in [1.82, 2.24) is 4.98 Å². The average Bonchev–Trinajstić information content (AvgIpc) is 3.38. The first-order valence-corrected chi connectivity index (χ1v) is 9.93. The number of esters is 1. The molecular formula is C23H19NO3S. The minimum atomic E-state index is -0.579. The van der Waals surface area contributed by atoms with Crippen LogP contribution in [0, 0.1) is 0 Å². The van der Waals surface area contributed by atoms with Crippen LogP contribution in [-0.2, 0) is 20.9 Å². The van der Waals surface area contributed by atoms with Gasteiger partial charge in [-0.1, -0.05) is 48.5 Å². The summed E-state index contributed by atoms with van der Waals surface area (Å²) >= 11 is 1.48. The predicted molar refractivity (Wildman–Crippen MR) is 111 cm³/mol. The molecule has 2 heterocycles. The van der Waals surface area contributed by atoms with Crippen LogP contribution in [0.2, 0.25) is 0 Å². The molecule has 2 aromatic heterocycles. The van der Waals surface area contributed by atoms with E-state index in [4.69, 9.17) is 4.74 Å². The molecule has 5 heteroatoms. The molecule has 0 saturated carbocycles. The van der Waals surface area contributed by atoms with Crippen LogP contribution in [0.25, 0.3) is 22.0 Å². The molecular weight excluding hydrogens is 370 g/mol. The van der Waals surface area contributed by atoms with Crippen LogP contribution in [0.3, 0.4) is 0 Å². The summed E-state index contributed by atoms with van der Waals surface area (Å²) < 4.78 is 5.47. The summed E-state index contributed by atoms with van der Waals surface area (Å²) in [6.45, 7) is 0.204. The Balaban J connectivity index is 1.55. The number of benzene rings is 2. The number of thiophene rings is 1. The summed E-state index contributed by atoms with van der Waals surface area (Å²) in [5.74, 6) is -0.951. The molecule has 4 nitrogen and oxygen atoms in total. The lowest BCUT2D eigenvalue weighted by Crippen LogP contribution is -2.15. The van der Waals surface area contributed by atoms with Gasteiger partial charge in [0, 0.05) is 34.0 Å². The Hall–Kier alpha value is -3.18. The molecule has 0 aliphatic heterocycles. The van der Waals surface area contributed by atoms with Gasteiger partial charge in [0.05, 0.1) is 5.92 Å². The highest BCUT2D eigenvalue weighted by Gasteiger charge is 2.24. The van der Waals surface area contributed by atoms with Gasteiger partial charge in [-0.25, -0.2) is 0 Å². The molecule has 0 bridgehead atoms. The normalized spacial score (nSPS) is 12.0. The van der Waals surface area contributed by atoms with Gasteiger partial charge < -0.3 is 14.5 Å². The number of carbonyl (C=O) groups is 2. The lowest BCUT2D eigenvalue weighted by molar-refractivity contribution is -0.147. The standard InChI is InChI=1S/C23H19NO3S/c25-11-10-19(23(26)27-14-16-6-2-1-3-7-16)22-12-17(15-28-22)20-13-24-21-9-5-4-8-18(20)21/h1-9,11-13,15,19,24H,10,14H2. The molecule has 28 heavy (non-hydrogen) atoms. The van der Waals surface area contributed by atoms with Crippen molar-refractivity contribution < 1.29 is 14.3 Å². The zero-order chi connectivity index (χ0) is 19.3. The molecule has 4 rings (SSSR count). The Bertz CT molecular complexity index is 1100. The zero-order valence-electron chi connectivity index (χ0n) is 15.1. The van der Waals surface area contributed by atoms with E-state index in [0.717, 1.165) is 38.8 Å². The summed E-state index contributed by atoms with van der Waals surface area (Å²) in [6, 6.07) is 19.6. The van der Waals surface area contributed by atoms with Gasteiger partial charge in [0.2, 0.25) is 0 Å². The fraction of sp³-hybridized carbons (Fsp3) is 0.130. The number of nitrogens with one attached hydrogen (secondary N) is 1. The Kier molecular flexibility index (Phi) is 5.35. The molecule has 140 valence electrons. The number of fused-ring (bicyclic) bond motifs is 1. The highest BCUT2D eigenvalue weighted by atomic mass is 32.1. The first kappa shape index (κ1) is 18.2. The van der Waals surface area contributed by atoms with Crippen LogP contribution in [0.15, 0.2) is 72.2 Å². The molecule has 4 aromatic rings. The third kappa shape index (κ3) is 3.75. The fourth-order valence-corrected chi connectivity index (χ4v) is 4.25. The van der Waals surface area contributed by atoms with E-state index in [1.54, 1.807) is 0 Å². The van der Waals surface area contributed by atoms with Crippen LogP contribution in [0.4, 0.5) is 0 Å². The van der Waals surface area contributed by atoms with Crippen LogP contribution >= 0.6 is 11.3 Å². The molecule has 0 aliphatic carbocycles. The van der Waals surface area contributed by atoms with E-state index in [2.05, 4.69) is 11.1 Å². The SMILES string of the molecule is O=CCC(C(=O)OCc1ccccc1)c1cc(-c2c[nH]c3ccccc23)cs1. The number of aromatic nitrogens is 1. The molecule has 0 fully saturated rings. The first-order valence-electron chi connectivity index (χ1n) is 9.05. The Morgan fingerprint density at radius 1 is 1.11 bits per heavy atom. The third-order valence-corrected chi connectivity index (χ3v) is 5.75. The maximum atomic E-state index is 12.6. The molecule has 0 saturated heterocycles. The van der Waals surface area contributed by atoms with Crippen LogP contribution in [0.1, 0.15) is 22.8 Å². The van der Waals surface area contributed by atoms with Gasteiger partial charge in [0.15, 0.2) is 0 Å². The van der Waals surface area contributed by atoms with Gasteiger partial charge in [-0.15, -0.1) is 11.3 Å². The highest BCUT2D eigenvalue weighted by Crippen LogP contribution is 2.35. The number of ether oxygens (including phenoxy) is 1. The largest absolute Gasteiger partial charge is 0.460 e. The summed E-state index contributed by atoms with van der Waals surface area (Å²) in [5.41, 5.74) is 4.10. The van der Waals surface area contributed by atoms with Gasteiger partial charge in [-0.05, 0) is 28.6 Å². The van der Waals surface area contributed by atoms with Gasteiger partial charge in [-0.3, -0.25) is 4.79 Å². The number of aldehydes is 1. The van der Waals surface area contributed by atoms with Crippen molar-refractivity contribution >= 4 is 34.5 Å². The number of hydrogen-bond acceptors (Lipinski definition) is 4. The molecule has 1 unspecified atom stereocenters. The second-order valence-corrected chi connectivity index (χ2v) is 7.48. The van der Waals surface area contributed by atoms with E-state index in [-0.39, 0.29) is 19.0 Å². The van der Waals surface area contributed by atoms with Crippen molar-refractivity contribution in [2.75, 3.05) is 0 Å². The van der Waals surface area contributed by atoms with Crippen molar-refractivity contribution in [3.63, 3.8) is 0 Å². The number of para-hydroxylation sites is 1. The van der Waals surface area contributed by atoms with Gasteiger partial charge in [0.1, 0.15) is 12.9 Å². The molecule has 1 atom stereocenters. The molecule has 0 amide bonds. The first-order chi connectivity index (χ1) is 13.8. The molecule has 0 spiro atoms. The number of H-pyrrole nitrogens is 1. The summed E-state index contributed by atoms with van der Waals surface area (Å²) in [6.07, 6.45) is 2.86. The lowest BCUT2D eigenvalue weighted by Gasteiger charge is -2.12. The van der Waals surface area contributed by atoms with Crippen molar-refractivity contribution in [2.45, 2.75) is 18.9 Å². The smallest absolute Gasteiger partial charge is 0.315 e. The average molecular weight is 389 g/mol. The minimum absolute atomic E-state index is 0.113. The van der Waals surface area contributed by atoms with Gasteiger partial charge in [0.25, 0.3) is 0 Å². The van der Waals surface area contributed by atoms with Crippen molar-refractivity contribution in [3.05, 3.63) is 82.7 Å². The van der Waals surface area contributed by atoms with Crippen molar-refractivity contribution in [3.8, 4) is 11.1 Å². The zero-order valence-corrected chi connectivity index (χ0v) is 15.9. The Morgan fingerprint density at radius 2 is 1.89 bits per heavy atom. The topological polar surface area (TPSA) is 59.2 Å². The van der Waals surface area contributed by atoms with E-state index in [0.29, 0.717) is 0 Å². The van der Waals surface area contributed by atoms with Crippen LogP contribution in [0.5, 0.6) is 0 Å². The second kappa shape index (κ2) is 8.23.